The van der Waals surface area contributed by atoms with Crippen LogP contribution < -0.4 is 10.2 Å². The van der Waals surface area contributed by atoms with Gasteiger partial charge in [-0.2, -0.15) is 0 Å². The van der Waals surface area contributed by atoms with Crippen molar-refractivity contribution in [3.05, 3.63) is 29.3 Å². The van der Waals surface area contributed by atoms with Crippen molar-refractivity contribution in [3.8, 4) is 0 Å². The molecule has 1 unspecified atom stereocenters. The molecule has 3 heterocycles. The van der Waals surface area contributed by atoms with Gasteiger partial charge < -0.3 is 15.0 Å². The first-order valence-corrected chi connectivity index (χ1v) is 16.9. The zero-order chi connectivity index (χ0) is 28.4. The van der Waals surface area contributed by atoms with Crippen LogP contribution in [0, 0.1) is 0 Å². The number of carbonyl (C=O) groups excluding carboxylic acids is 2. The third-order valence-electron chi connectivity index (χ3n) is 10.1. The van der Waals surface area contributed by atoms with E-state index in [2.05, 4.69) is 21.2 Å². The molecule has 0 spiro atoms. The number of hydrogen-bond donors (Lipinski definition) is 1. The first-order chi connectivity index (χ1) is 20.1. The molecule has 4 aliphatic rings. The number of benzene rings is 1. The zero-order valence-electron chi connectivity index (χ0n) is 25.6. The molecule has 3 fully saturated rings. The van der Waals surface area contributed by atoms with Crippen LogP contribution in [0.4, 0.5) is 5.69 Å². The molecule has 0 bridgehead atoms. The van der Waals surface area contributed by atoms with E-state index in [-0.39, 0.29) is 11.8 Å². The molecule has 0 aromatic heterocycles. The van der Waals surface area contributed by atoms with E-state index >= 15 is 0 Å². The van der Waals surface area contributed by atoms with Crippen LogP contribution >= 0.6 is 0 Å². The Morgan fingerprint density at radius 1 is 0.829 bits per heavy atom. The highest BCUT2D eigenvalue weighted by Crippen LogP contribution is 2.31. The molecule has 1 aromatic rings. The SMILES string of the molecule is CC(=O)N1CCCCCCCN(C2CCOCC2)Cc2cc(C(=O)NCCC3CCCCN3C3CCCC3)ccc21. The maximum Gasteiger partial charge on any atom is 0.251 e. The molecular formula is C34H54N4O3. The minimum absolute atomic E-state index is 0.00846. The van der Waals surface area contributed by atoms with E-state index in [1.165, 1.54) is 70.8 Å². The van der Waals surface area contributed by atoms with E-state index in [0.717, 1.165) is 88.8 Å². The summed E-state index contributed by atoms with van der Waals surface area (Å²) in [5.74, 6) is 0.0894. The number of ether oxygens (including phenoxy) is 1. The Balaban J connectivity index is 1.30. The van der Waals surface area contributed by atoms with Gasteiger partial charge in [-0.25, -0.2) is 0 Å². The fourth-order valence-electron chi connectivity index (χ4n) is 7.84. The predicted molar refractivity (Wildman–Crippen MR) is 165 cm³/mol. The summed E-state index contributed by atoms with van der Waals surface area (Å²) in [7, 11) is 0. The second-order valence-corrected chi connectivity index (χ2v) is 13.0. The third kappa shape index (κ3) is 8.32. The number of rotatable bonds is 6. The van der Waals surface area contributed by atoms with Crippen molar-refractivity contribution in [1.29, 1.82) is 0 Å². The summed E-state index contributed by atoms with van der Waals surface area (Å²) in [5, 5.41) is 3.27. The highest BCUT2D eigenvalue weighted by Gasteiger charge is 2.30. The van der Waals surface area contributed by atoms with Crippen LogP contribution in [-0.2, 0) is 16.1 Å². The predicted octanol–water partition coefficient (Wildman–Crippen LogP) is 5.90. The Morgan fingerprint density at radius 3 is 2.32 bits per heavy atom. The quantitative estimate of drug-likeness (QED) is 0.464. The van der Waals surface area contributed by atoms with E-state index in [0.29, 0.717) is 17.6 Å². The first-order valence-electron chi connectivity index (χ1n) is 16.9. The smallest absolute Gasteiger partial charge is 0.251 e. The number of nitrogens with zero attached hydrogens (tertiary/aromatic N) is 3. The number of anilines is 1. The standard InChI is InChI=1S/C34H54N4O3/c1-27(39)37-21-9-4-2-3-8-20-36(30-17-23-41-24-18-30)26-29-25-28(14-15-33(29)37)34(40)35-19-16-32-13-7-10-22-38(32)31-11-5-6-12-31/h14-15,25,30-32H,2-13,16-24,26H2,1H3,(H,35,40). The van der Waals surface area contributed by atoms with Gasteiger partial charge in [0.15, 0.2) is 0 Å². The van der Waals surface area contributed by atoms with Crippen molar-refractivity contribution in [3.63, 3.8) is 0 Å². The summed E-state index contributed by atoms with van der Waals surface area (Å²) in [5.41, 5.74) is 2.78. The molecule has 1 atom stereocenters. The van der Waals surface area contributed by atoms with Gasteiger partial charge in [-0.05, 0) is 94.6 Å². The molecule has 3 aliphatic heterocycles. The summed E-state index contributed by atoms with van der Waals surface area (Å²) in [6.45, 7) is 7.81. The Bertz CT molecular complexity index is 988. The number of fused-ring (bicyclic) bond motifs is 1. The van der Waals surface area contributed by atoms with E-state index in [9.17, 15) is 9.59 Å². The van der Waals surface area contributed by atoms with Crippen molar-refractivity contribution >= 4 is 17.5 Å². The molecule has 7 nitrogen and oxygen atoms in total. The number of likely N-dealkylation sites (tertiary alicyclic amines) is 1. The largest absolute Gasteiger partial charge is 0.381 e. The van der Waals surface area contributed by atoms with E-state index in [1.54, 1.807) is 6.92 Å². The van der Waals surface area contributed by atoms with Gasteiger partial charge in [0.25, 0.3) is 5.91 Å². The van der Waals surface area contributed by atoms with Gasteiger partial charge in [0, 0.05) is 69.1 Å². The number of hydrogen-bond acceptors (Lipinski definition) is 5. The lowest BCUT2D eigenvalue weighted by atomic mass is 9.96. The van der Waals surface area contributed by atoms with Gasteiger partial charge in [0.1, 0.15) is 0 Å². The van der Waals surface area contributed by atoms with Crippen molar-refractivity contribution in [2.24, 2.45) is 0 Å². The van der Waals surface area contributed by atoms with Gasteiger partial charge in [-0.15, -0.1) is 0 Å². The molecule has 0 radical (unpaired) electrons. The second-order valence-electron chi connectivity index (χ2n) is 13.0. The average Bonchev–Trinajstić information content (AvgIpc) is 3.53. The molecule has 5 rings (SSSR count). The summed E-state index contributed by atoms with van der Waals surface area (Å²) >= 11 is 0. The highest BCUT2D eigenvalue weighted by atomic mass is 16.5. The van der Waals surface area contributed by atoms with Crippen molar-refractivity contribution in [2.45, 2.75) is 128 Å². The van der Waals surface area contributed by atoms with Crippen molar-refractivity contribution in [1.82, 2.24) is 15.1 Å². The minimum Gasteiger partial charge on any atom is -0.381 e. The lowest BCUT2D eigenvalue weighted by Crippen LogP contribution is -2.46. The van der Waals surface area contributed by atoms with E-state index in [4.69, 9.17) is 4.74 Å². The van der Waals surface area contributed by atoms with Crippen LogP contribution in [0.3, 0.4) is 0 Å². The van der Waals surface area contributed by atoms with Gasteiger partial charge in [-0.3, -0.25) is 19.4 Å². The van der Waals surface area contributed by atoms with Gasteiger partial charge in [0.05, 0.1) is 0 Å². The van der Waals surface area contributed by atoms with Crippen LogP contribution in [0.15, 0.2) is 18.2 Å². The Labute approximate surface area is 248 Å². The lowest BCUT2D eigenvalue weighted by Gasteiger charge is -2.40. The number of nitrogens with one attached hydrogen (secondary N) is 1. The molecule has 1 aliphatic carbocycles. The molecule has 2 amide bonds. The molecule has 1 saturated carbocycles. The summed E-state index contributed by atoms with van der Waals surface area (Å²) in [6.07, 6.45) is 18.3. The monoisotopic (exact) mass is 566 g/mol. The number of carbonyl (C=O) groups is 2. The van der Waals surface area contributed by atoms with Crippen LogP contribution in [-0.4, -0.2) is 79.1 Å². The molecule has 228 valence electrons. The average molecular weight is 567 g/mol. The van der Waals surface area contributed by atoms with Crippen molar-refractivity contribution in [2.75, 3.05) is 44.3 Å². The summed E-state index contributed by atoms with van der Waals surface area (Å²) in [4.78, 5) is 33.6. The normalized spacial score (nSPS) is 24.8. The topological polar surface area (TPSA) is 65.1 Å². The lowest BCUT2D eigenvalue weighted by molar-refractivity contribution is -0.116. The summed E-state index contributed by atoms with van der Waals surface area (Å²) in [6, 6.07) is 7.88. The van der Waals surface area contributed by atoms with Crippen molar-refractivity contribution < 1.29 is 14.3 Å². The first kappa shape index (κ1) is 30.5. The molecular weight excluding hydrogens is 512 g/mol. The fraction of sp³-hybridized carbons (Fsp3) is 0.765. The maximum absolute atomic E-state index is 13.5. The molecule has 7 heteroatoms. The maximum atomic E-state index is 13.5. The number of piperidine rings is 1. The van der Waals surface area contributed by atoms with Crippen LogP contribution in [0.2, 0.25) is 0 Å². The zero-order valence-corrected chi connectivity index (χ0v) is 25.6. The summed E-state index contributed by atoms with van der Waals surface area (Å²) < 4.78 is 5.68. The Hall–Kier alpha value is -1.96. The highest BCUT2D eigenvalue weighted by molar-refractivity contribution is 5.97. The van der Waals surface area contributed by atoms with Crippen LogP contribution in [0.25, 0.3) is 0 Å². The van der Waals surface area contributed by atoms with Gasteiger partial charge in [0.2, 0.25) is 5.91 Å². The second kappa shape index (κ2) is 15.5. The Kier molecular flexibility index (Phi) is 11.5. The molecule has 41 heavy (non-hydrogen) atoms. The molecule has 1 aromatic carbocycles. The molecule has 1 N–H and O–H groups in total. The minimum atomic E-state index is 0.00846. The van der Waals surface area contributed by atoms with Crippen LogP contribution in [0.5, 0.6) is 0 Å². The number of amides is 2. The molecule has 2 saturated heterocycles. The third-order valence-corrected chi connectivity index (χ3v) is 10.1. The van der Waals surface area contributed by atoms with Gasteiger partial charge >= 0.3 is 0 Å². The van der Waals surface area contributed by atoms with Gasteiger partial charge in [-0.1, -0.05) is 38.5 Å². The van der Waals surface area contributed by atoms with Crippen LogP contribution in [0.1, 0.15) is 119 Å². The van der Waals surface area contributed by atoms with E-state index in [1.807, 2.05) is 17.0 Å². The Morgan fingerprint density at radius 2 is 1.54 bits per heavy atom. The fourth-order valence-corrected chi connectivity index (χ4v) is 7.84. The van der Waals surface area contributed by atoms with E-state index < -0.39 is 0 Å².